The van der Waals surface area contributed by atoms with E-state index in [4.69, 9.17) is 9.47 Å². The zero-order valence-electron chi connectivity index (χ0n) is 14.4. The van der Waals surface area contributed by atoms with Crippen LogP contribution in [-0.4, -0.2) is 23.1 Å². The minimum atomic E-state index is -0.747. The molecule has 2 heterocycles. The van der Waals surface area contributed by atoms with Crippen LogP contribution in [0.1, 0.15) is 53.4 Å². The molecule has 0 aromatic carbocycles. The Morgan fingerprint density at radius 3 is 2.83 bits per heavy atom. The topological polar surface area (TPSA) is 70.8 Å². The Balaban J connectivity index is 2.02. The summed E-state index contributed by atoms with van der Waals surface area (Å²) in [5, 5.41) is 9.88. The molecule has 3 fully saturated rings. The molecule has 5 unspecified atom stereocenters. The van der Waals surface area contributed by atoms with E-state index < -0.39 is 10.9 Å². The lowest BCUT2D eigenvalue weighted by Crippen LogP contribution is -2.50. The molecule has 2 bridgehead atoms. The summed E-state index contributed by atoms with van der Waals surface area (Å²) in [6.07, 6.45) is 4.95. The summed E-state index contributed by atoms with van der Waals surface area (Å²) in [5.74, 6) is 0.700. The van der Waals surface area contributed by atoms with E-state index >= 15 is 0 Å². The third-order valence-corrected chi connectivity index (χ3v) is 6.16. The second-order valence-electron chi connectivity index (χ2n) is 7.59. The van der Waals surface area contributed by atoms with E-state index in [1.54, 1.807) is 0 Å². The predicted octanol–water partition coefficient (Wildman–Crippen LogP) is 3.69. The lowest BCUT2D eigenvalue weighted by atomic mass is 9.77. The normalized spacial score (nSPS) is 43.9. The Morgan fingerprint density at radius 2 is 2.22 bits per heavy atom. The van der Waals surface area contributed by atoms with Crippen molar-refractivity contribution in [2.75, 3.05) is 6.61 Å². The number of nitrogens with zero attached hydrogens (tertiary/aromatic N) is 1. The number of fused-ring (bicyclic) bond motifs is 1. The van der Waals surface area contributed by atoms with Gasteiger partial charge in [0.25, 0.3) is 5.09 Å². The van der Waals surface area contributed by atoms with E-state index in [1.165, 1.54) is 6.26 Å². The molecule has 3 rings (SSSR count). The summed E-state index contributed by atoms with van der Waals surface area (Å²) >= 11 is 0. The van der Waals surface area contributed by atoms with Crippen molar-refractivity contribution in [3.8, 4) is 0 Å². The second kappa shape index (κ2) is 5.74. The fourth-order valence-electron chi connectivity index (χ4n) is 5.19. The zero-order valence-corrected chi connectivity index (χ0v) is 14.4. The van der Waals surface area contributed by atoms with Crippen molar-refractivity contribution in [1.82, 2.24) is 0 Å². The minimum absolute atomic E-state index is 0.204. The summed E-state index contributed by atoms with van der Waals surface area (Å²) in [6.45, 7) is 9.19. The van der Waals surface area contributed by atoms with Crippen LogP contribution in [0.15, 0.2) is 11.8 Å². The molecule has 6 nitrogen and oxygen atoms in total. The van der Waals surface area contributed by atoms with Crippen molar-refractivity contribution in [1.29, 1.82) is 0 Å². The van der Waals surface area contributed by atoms with Crippen LogP contribution in [-0.2, 0) is 14.3 Å². The molecule has 0 N–H and O–H groups in total. The summed E-state index contributed by atoms with van der Waals surface area (Å²) in [4.78, 5) is 15.2. The molecular weight excluding hydrogens is 298 g/mol. The maximum Gasteiger partial charge on any atom is 0.299 e. The van der Waals surface area contributed by atoms with Crippen molar-refractivity contribution in [3.63, 3.8) is 0 Å². The van der Waals surface area contributed by atoms with Gasteiger partial charge in [-0.05, 0) is 43.6 Å². The van der Waals surface area contributed by atoms with Gasteiger partial charge >= 0.3 is 0 Å². The highest BCUT2D eigenvalue weighted by Crippen LogP contribution is 2.65. The minimum Gasteiger partial charge on any atom is -0.350 e. The van der Waals surface area contributed by atoms with Gasteiger partial charge < -0.3 is 9.47 Å². The molecule has 1 spiro atoms. The smallest absolute Gasteiger partial charge is 0.299 e. The summed E-state index contributed by atoms with van der Waals surface area (Å²) < 4.78 is 12.8. The van der Waals surface area contributed by atoms with Crippen molar-refractivity contribution >= 4 is 0 Å². The first-order chi connectivity index (χ1) is 10.8. The number of ether oxygens (including phenoxy) is 2. The highest BCUT2D eigenvalue weighted by Gasteiger charge is 2.68. The molecule has 3 aliphatic rings. The molecule has 6 heteroatoms. The van der Waals surface area contributed by atoms with E-state index in [0.717, 1.165) is 24.8 Å². The van der Waals surface area contributed by atoms with Crippen molar-refractivity contribution < 1.29 is 19.4 Å². The average molecular weight is 325 g/mol. The molecule has 23 heavy (non-hydrogen) atoms. The van der Waals surface area contributed by atoms with E-state index in [-0.39, 0.29) is 11.5 Å². The van der Waals surface area contributed by atoms with Gasteiger partial charge in [0.2, 0.25) is 0 Å². The maximum atomic E-state index is 10.6. The number of hydrogen-bond donors (Lipinski definition) is 0. The quantitative estimate of drug-likeness (QED) is 0.438. The van der Waals surface area contributed by atoms with E-state index in [2.05, 4.69) is 25.6 Å². The van der Waals surface area contributed by atoms with Crippen LogP contribution in [0.25, 0.3) is 0 Å². The van der Waals surface area contributed by atoms with Crippen LogP contribution in [0, 0.1) is 33.8 Å². The molecule has 0 aromatic rings. The van der Waals surface area contributed by atoms with Crippen molar-refractivity contribution in [2.24, 2.45) is 23.7 Å². The molecule has 5 atom stereocenters. The zero-order chi connectivity index (χ0) is 16.8. The summed E-state index contributed by atoms with van der Waals surface area (Å²) in [6, 6.07) is 0. The first kappa shape index (κ1) is 16.7. The Morgan fingerprint density at radius 1 is 1.48 bits per heavy atom. The SMILES string of the molecule is CCOC12C/C(=C\O[N+](=O)[O-])C3CCC(C)C3(CC1C(C)C)O2. The third kappa shape index (κ3) is 2.47. The van der Waals surface area contributed by atoms with Gasteiger partial charge in [0.05, 0.1) is 11.9 Å². The lowest BCUT2D eigenvalue weighted by molar-refractivity contribution is -0.738. The second-order valence-corrected chi connectivity index (χ2v) is 7.59. The van der Waals surface area contributed by atoms with Crippen molar-refractivity contribution in [3.05, 3.63) is 21.9 Å². The van der Waals surface area contributed by atoms with E-state index in [0.29, 0.717) is 30.8 Å². The molecule has 0 radical (unpaired) electrons. The summed E-state index contributed by atoms with van der Waals surface area (Å²) in [7, 11) is 0. The number of rotatable bonds is 5. The lowest BCUT2D eigenvalue weighted by Gasteiger charge is -2.46. The molecule has 130 valence electrons. The molecule has 0 amide bonds. The van der Waals surface area contributed by atoms with Crippen LogP contribution < -0.4 is 0 Å². The Hall–Kier alpha value is -1.14. The number of hydrogen-bond acceptors (Lipinski definition) is 5. The molecule has 1 saturated carbocycles. The Kier molecular flexibility index (Phi) is 4.17. The van der Waals surface area contributed by atoms with E-state index in [1.807, 2.05) is 6.92 Å². The van der Waals surface area contributed by atoms with Crippen molar-refractivity contribution in [2.45, 2.75) is 64.8 Å². The van der Waals surface area contributed by atoms with Gasteiger partial charge in [-0.2, -0.15) is 0 Å². The van der Waals surface area contributed by atoms with Gasteiger partial charge in [0.15, 0.2) is 5.79 Å². The average Bonchev–Trinajstić information content (AvgIpc) is 2.94. The summed E-state index contributed by atoms with van der Waals surface area (Å²) in [5.41, 5.74) is 0.725. The third-order valence-electron chi connectivity index (χ3n) is 6.16. The van der Waals surface area contributed by atoms with Crippen LogP contribution >= 0.6 is 0 Å². The highest BCUT2D eigenvalue weighted by molar-refractivity contribution is 5.26. The van der Waals surface area contributed by atoms with Crippen LogP contribution in [0.2, 0.25) is 0 Å². The molecule has 0 aromatic heterocycles. The molecule has 1 aliphatic carbocycles. The first-order valence-electron chi connectivity index (χ1n) is 8.69. The first-order valence-corrected chi connectivity index (χ1v) is 8.69. The fraction of sp³-hybridized carbons (Fsp3) is 0.882. The Bertz CT molecular complexity index is 519. The van der Waals surface area contributed by atoms with E-state index in [9.17, 15) is 10.1 Å². The molecular formula is C17H27NO5. The van der Waals surface area contributed by atoms with Gasteiger partial charge in [-0.3, -0.25) is 4.84 Å². The van der Waals surface area contributed by atoms with Gasteiger partial charge in [-0.15, -0.1) is 10.1 Å². The monoisotopic (exact) mass is 325 g/mol. The molecule has 2 saturated heterocycles. The largest absolute Gasteiger partial charge is 0.350 e. The molecule has 2 aliphatic heterocycles. The van der Waals surface area contributed by atoms with Crippen LogP contribution in [0.4, 0.5) is 0 Å². The predicted molar refractivity (Wildman–Crippen MR) is 83.8 cm³/mol. The highest BCUT2D eigenvalue weighted by atomic mass is 16.9. The van der Waals surface area contributed by atoms with Crippen LogP contribution in [0.3, 0.4) is 0 Å². The standard InChI is InChI=1S/C17H27NO5/c1-5-21-17-8-13(10-22-18(19)20)14-7-6-12(4)16(14,23-17)9-15(17)11(2)3/h10-12,14-15H,5-9H2,1-4H3/b13-10+. The van der Waals surface area contributed by atoms with Gasteiger partial charge in [0.1, 0.15) is 0 Å². The Labute approximate surface area is 137 Å². The van der Waals surface area contributed by atoms with Crippen LogP contribution in [0.5, 0.6) is 0 Å². The van der Waals surface area contributed by atoms with Gasteiger partial charge in [-0.25, -0.2) is 0 Å². The maximum absolute atomic E-state index is 10.6. The van der Waals surface area contributed by atoms with Gasteiger partial charge in [0, 0.05) is 24.9 Å². The van der Waals surface area contributed by atoms with Gasteiger partial charge in [-0.1, -0.05) is 20.8 Å². The fourth-order valence-corrected chi connectivity index (χ4v) is 5.19.